The first-order valence-electron chi connectivity index (χ1n) is 5.86. The Kier molecular flexibility index (Phi) is 5.10. The second kappa shape index (κ2) is 6.63. The summed E-state index contributed by atoms with van der Waals surface area (Å²) in [5.74, 6) is 4.75. The Labute approximate surface area is 129 Å². The molecule has 2 aromatic carbocycles. The van der Waals surface area contributed by atoms with Gasteiger partial charge < -0.3 is 0 Å². The summed E-state index contributed by atoms with van der Waals surface area (Å²) < 4.78 is 26.9. The minimum atomic E-state index is -0.398. The van der Waals surface area contributed by atoms with Gasteiger partial charge in [0, 0.05) is 5.02 Å². The first kappa shape index (κ1) is 15.4. The van der Waals surface area contributed by atoms with E-state index in [1.165, 1.54) is 18.2 Å². The zero-order valence-corrected chi connectivity index (χ0v) is 12.7. The van der Waals surface area contributed by atoms with Crippen LogP contribution in [0, 0.1) is 11.6 Å². The van der Waals surface area contributed by atoms with Crippen molar-refractivity contribution >= 4 is 27.5 Å². The molecule has 0 amide bonds. The van der Waals surface area contributed by atoms with Gasteiger partial charge in [-0.15, -0.1) is 0 Å². The van der Waals surface area contributed by atoms with Gasteiger partial charge in [0.2, 0.25) is 0 Å². The van der Waals surface area contributed by atoms with Gasteiger partial charge in [0.1, 0.15) is 11.6 Å². The minimum Gasteiger partial charge on any atom is -0.271 e. The van der Waals surface area contributed by atoms with E-state index >= 15 is 0 Å². The molecule has 6 heteroatoms. The number of hydrogen-bond acceptors (Lipinski definition) is 2. The Morgan fingerprint density at radius 3 is 2.55 bits per heavy atom. The van der Waals surface area contributed by atoms with Crippen molar-refractivity contribution < 1.29 is 8.78 Å². The molecular weight excluding hydrogens is 350 g/mol. The summed E-state index contributed by atoms with van der Waals surface area (Å²) in [5.41, 5.74) is 4.04. The van der Waals surface area contributed by atoms with Gasteiger partial charge in [0.05, 0.1) is 10.5 Å². The monoisotopic (exact) mass is 360 g/mol. The van der Waals surface area contributed by atoms with Crippen molar-refractivity contribution in [2.24, 2.45) is 5.84 Å². The molecule has 2 aromatic rings. The fourth-order valence-electron chi connectivity index (χ4n) is 1.91. The molecule has 3 N–H and O–H groups in total. The summed E-state index contributed by atoms with van der Waals surface area (Å²) >= 11 is 9.08. The molecule has 20 heavy (non-hydrogen) atoms. The molecule has 0 spiro atoms. The van der Waals surface area contributed by atoms with Gasteiger partial charge in [-0.1, -0.05) is 23.7 Å². The topological polar surface area (TPSA) is 38.0 Å². The van der Waals surface area contributed by atoms with E-state index in [0.717, 1.165) is 5.56 Å². The number of nitrogens with two attached hydrogens (primary N) is 1. The Balaban J connectivity index is 2.26. The largest absolute Gasteiger partial charge is 0.271 e. The van der Waals surface area contributed by atoms with Crippen molar-refractivity contribution in [3.63, 3.8) is 0 Å². The highest BCUT2D eigenvalue weighted by Gasteiger charge is 2.14. The Morgan fingerprint density at radius 1 is 1.20 bits per heavy atom. The van der Waals surface area contributed by atoms with Crippen LogP contribution in [0.25, 0.3) is 0 Å². The van der Waals surface area contributed by atoms with Gasteiger partial charge in [-0.25, -0.2) is 8.78 Å². The molecule has 0 saturated heterocycles. The Morgan fingerprint density at radius 2 is 1.95 bits per heavy atom. The number of hydrogen-bond donors (Lipinski definition) is 2. The molecule has 2 rings (SSSR count). The summed E-state index contributed by atoms with van der Waals surface area (Å²) in [6.45, 7) is 0. The van der Waals surface area contributed by atoms with Crippen LogP contribution in [0.3, 0.4) is 0 Å². The van der Waals surface area contributed by atoms with Crippen LogP contribution in [0.15, 0.2) is 40.9 Å². The maximum atomic E-state index is 13.6. The van der Waals surface area contributed by atoms with Crippen molar-refractivity contribution in [2.75, 3.05) is 0 Å². The maximum absolute atomic E-state index is 13.6. The molecule has 0 aromatic heterocycles. The highest BCUT2D eigenvalue weighted by molar-refractivity contribution is 9.10. The number of nitrogens with one attached hydrogen (secondary N) is 1. The normalized spacial score (nSPS) is 12.4. The minimum absolute atomic E-state index is 0.319. The van der Waals surface area contributed by atoms with Crippen LogP contribution >= 0.6 is 27.5 Å². The van der Waals surface area contributed by atoms with Crippen LogP contribution in [0.5, 0.6) is 0 Å². The van der Waals surface area contributed by atoms with Crippen LogP contribution in [-0.4, -0.2) is 0 Å². The zero-order valence-electron chi connectivity index (χ0n) is 10.3. The fourth-order valence-corrected chi connectivity index (χ4v) is 2.40. The molecule has 0 bridgehead atoms. The second-order valence-corrected chi connectivity index (χ2v) is 5.59. The SMILES string of the molecule is NNC(Cc1ccc(F)cc1Cl)c1ccc(Br)c(F)c1. The van der Waals surface area contributed by atoms with Crippen LogP contribution in [0.4, 0.5) is 8.78 Å². The lowest BCUT2D eigenvalue weighted by molar-refractivity contribution is 0.542. The first-order chi connectivity index (χ1) is 9.51. The van der Waals surface area contributed by atoms with Gasteiger partial charge in [-0.2, -0.15) is 0 Å². The number of hydrazine groups is 1. The van der Waals surface area contributed by atoms with E-state index in [1.807, 2.05) is 0 Å². The van der Waals surface area contributed by atoms with Crippen LogP contribution in [0.1, 0.15) is 17.2 Å². The molecule has 106 valence electrons. The molecule has 1 unspecified atom stereocenters. The standard InChI is InChI=1S/C14H12BrClF2N2/c15-11-4-2-9(5-13(11)18)14(20-19)6-8-1-3-10(17)7-12(8)16/h1-5,7,14,20H,6,19H2. The average molecular weight is 362 g/mol. The van der Waals surface area contributed by atoms with Gasteiger partial charge in [0.25, 0.3) is 0 Å². The number of halogens is 4. The van der Waals surface area contributed by atoms with E-state index in [1.54, 1.807) is 18.2 Å². The number of rotatable bonds is 4. The van der Waals surface area contributed by atoms with Gasteiger partial charge in [-0.3, -0.25) is 11.3 Å². The van der Waals surface area contributed by atoms with Gasteiger partial charge >= 0.3 is 0 Å². The lowest BCUT2D eigenvalue weighted by atomic mass is 9.99. The highest BCUT2D eigenvalue weighted by Crippen LogP contribution is 2.26. The van der Waals surface area contributed by atoms with Gasteiger partial charge in [0.15, 0.2) is 0 Å². The Hall–Kier alpha value is -1.01. The van der Waals surface area contributed by atoms with Gasteiger partial charge in [-0.05, 0) is 57.7 Å². The molecule has 0 fully saturated rings. The lowest BCUT2D eigenvalue weighted by Gasteiger charge is -2.17. The van der Waals surface area contributed by atoms with E-state index in [4.69, 9.17) is 17.4 Å². The van der Waals surface area contributed by atoms with E-state index in [2.05, 4.69) is 21.4 Å². The van der Waals surface area contributed by atoms with Crippen LogP contribution in [0.2, 0.25) is 5.02 Å². The zero-order chi connectivity index (χ0) is 14.7. The molecule has 0 aliphatic rings. The molecule has 0 heterocycles. The molecule has 0 saturated carbocycles. The quantitative estimate of drug-likeness (QED) is 0.635. The third-order valence-electron chi connectivity index (χ3n) is 2.99. The maximum Gasteiger partial charge on any atom is 0.137 e. The van der Waals surface area contributed by atoms with Crippen LogP contribution in [-0.2, 0) is 6.42 Å². The molecule has 0 radical (unpaired) electrons. The van der Waals surface area contributed by atoms with E-state index < -0.39 is 5.82 Å². The third-order valence-corrected chi connectivity index (χ3v) is 3.98. The highest BCUT2D eigenvalue weighted by atomic mass is 79.9. The third kappa shape index (κ3) is 3.55. The van der Waals surface area contributed by atoms with Crippen molar-refractivity contribution in [1.29, 1.82) is 0 Å². The smallest absolute Gasteiger partial charge is 0.137 e. The second-order valence-electron chi connectivity index (χ2n) is 4.33. The summed E-state index contributed by atoms with van der Waals surface area (Å²) in [5, 5.41) is 0.322. The van der Waals surface area contributed by atoms with E-state index in [-0.39, 0.29) is 11.9 Å². The lowest BCUT2D eigenvalue weighted by Crippen LogP contribution is -2.29. The summed E-state index contributed by atoms with van der Waals surface area (Å²) in [4.78, 5) is 0. The predicted octanol–water partition coefficient (Wildman–Crippen LogP) is 4.13. The molecule has 0 aliphatic heterocycles. The Bertz CT molecular complexity index is 622. The average Bonchev–Trinajstić information content (AvgIpc) is 2.41. The molecule has 1 atom stereocenters. The number of benzene rings is 2. The van der Waals surface area contributed by atoms with E-state index in [9.17, 15) is 8.78 Å². The summed E-state index contributed by atoms with van der Waals surface area (Å²) in [6, 6.07) is 8.61. The molecular formula is C14H12BrClF2N2. The van der Waals surface area contributed by atoms with Crippen molar-refractivity contribution in [3.05, 3.63) is 68.7 Å². The van der Waals surface area contributed by atoms with Crippen molar-refractivity contribution in [1.82, 2.24) is 5.43 Å². The molecule has 2 nitrogen and oxygen atoms in total. The summed E-state index contributed by atoms with van der Waals surface area (Å²) in [7, 11) is 0. The predicted molar refractivity (Wildman–Crippen MR) is 79.3 cm³/mol. The first-order valence-corrected chi connectivity index (χ1v) is 7.03. The van der Waals surface area contributed by atoms with Crippen molar-refractivity contribution in [3.8, 4) is 0 Å². The summed E-state index contributed by atoms with van der Waals surface area (Å²) in [6.07, 6.45) is 0.427. The fraction of sp³-hybridized carbons (Fsp3) is 0.143. The van der Waals surface area contributed by atoms with Crippen LogP contribution < -0.4 is 11.3 Å². The molecule has 0 aliphatic carbocycles. The van der Waals surface area contributed by atoms with E-state index in [0.29, 0.717) is 21.5 Å². The van der Waals surface area contributed by atoms with Crippen molar-refractivity contribution in [2.45, 2.75) is 12.5 Å².